The first-order valence-corrected chi connectivity index (χ1v) is 10.9. The molecule has 0 saturated carbocycles. The molecule has 1 aromatic heterocycles. The van der Waals surface area contributed by atoms with Crippen LogP contribution in [0, 0.1) is 0 Å². The standard InChI is InChI=1S/C26H27N3O4/c1-28-15-16-29(25(30)18-33-24-10-6-5-9-23(24)32-2)22(26(28)31)17-20-7-3-4-8-21(20)19-11-13-27-14-12-19/h3-14,22H,15-18H2,1-2H3/t22-/m1/s1. The van der Waals surface area contributed by atoms with Crippen LogP contribution in [0.2, 0.25) is 0 Å². The van der Waals surface area contributed by atoms with Crippen molar-refractivity contribution in [1.29, 1.82) is 0 Å². The number of nitrogens with zero attached hydrogens (tertiary/aromatic N) is 3. The van der Waals surface area contributed by atoms with Crippen LogP contribution in [-0.2, 0) is 16.0 Å². The summed E-state index contributed by atoms with van der Waals surface area (Å²) in [6, 6.07) is 18.4. The van der Waals surface area contributed by atoms with Gasteiger partial charge in [-0.2, -0.15) is 0 Å². The van der Waals surface area contributed by atoms with Gasteiger partial charge < -0.3 is 19.3 Å². The Bertz CT molecular complexity index is 1120. The number of ether oxygens (including phenoxy) is 2. The molecule has 1 aliphatic heterocycles. The Hall–Kier alpha value is -3.87. The number of carbonyl (C=O) groups is 2. The maximum absolute atomic E-state index is 13.2. The van der Waals surface area contributed by atoms with E-state index in [1.54, 1.807) is 48.5 Å². The van der Waals surface area contributed by atoms with E-state index in [-0.39, 0.29) is 18.4 Å². The zero-order valence-electron chi connectivity index (χ0n) is 18.8. The molecule has 0 radical (unpaired) electrons. The number of rotatable bonds is 7. The van der Waals surface area contributed by atoms with Gasteiger partial charge in [-0.1, -0.05) is 36.4 Å². The zero-order chi connectivity index (χ0) is 23.2. The van der Waals surface area contributed by atoms with Crippen molar-refractivity contribution < 1.29 is 19.1 Å². The Labute approximate surface area is 193 Å². The fourth-order valence-electron chi connectivity index (χ4n) is 4.09. The molecule has 1 fully saturated rings. The van der Waals surface area contributed by atoms with Gasteiger partial charge in [0, 0.05) is 39.0 Å². The second kappa shape index (κ2) is 10.2. The molecule has 4 rings (SSSR count). The van der Waals surface area contributed by atoms with Crippen molar-refractivity contribution >= 4 is 11.8 Å². The van der Waals surface area contributed by atoms with Crippen LogP contribution in [0.3, 0.4) is 0 Å². The van der Waals surface area contributed by atoms with E-state index in [2.05, 4.69) is 4.98 Å². The van der Waals surface area contributed by atoms with Crippen LogP contribution in [-0.4, -0.2) is 66.5 Å². The second-order valence-electron chi connectivity index (χ2n) is 7.90. The highest BCUT2D eigenvalue weighted by molar-refractivity contribution is 5.90. The third-order valence-corrected chi connectivity index (χ3v) is 5.88. The van der Waals surface area contributed by atoms with Crippen LogP contribution in [0.15, 0.2) is 73.1 Å². The molecule has 2 aromatic carbocycles. The molecule has 3 aromatic rings. The Morgan fingerprint density at radius 1 is 1.00 bits per heavy atom. The van der Waals surface area contributed by atoms with E-state index in [1.807, 2.05) is 48.5 Å². The summed E-state index contributed by atoms with van der Waals surface area (Å²) in [7, 11) is 3.33. The van der Waals surface area contributed by atoms with Gasteiger partial charge in [0.25, 0.3) is 5.91 Å². The van der Waals surface area contributed by atoms with Crippen molar-refractivity contribution in [2.24, 2.45) is 0 Å². The van der Waals surface area contributed by atoms with Crippen LogP contribution >= 0.6 is 0 Å². The predicted molar refractivity (Wildman–Crippen MR) is 125 cm³/mol. The first-order chi connectivity index (χ1) is 16.1. The average molecular weight is 446 g/mol. The van der Waals surface area contributed by atoms with Crippen molar-refractivity contribution in [3.63, 3.8) is 0 Å². The van der Waals surface area contributed by atoms with Gasteiger partial charge in [-0.25, -0.2) is 0 Å². The first-order valence-electron chi connectivity index (χ1n) is 10.9. The number of benzene rings is 2. The van der Waals surface area contributed by atoms with E-state index in [4.69, 9.17) is 9.47 Å². The number of carbonyl (C=O) groups excluding carboxylic acids is 2. The van der Waals surface area contributed by atoms with Gasteiger partial charge in [-0.3, -0.25) is 14.6 Å². The van der Waals surface area contributed by atoms with E-state index in [9.17, 15) is 9.59 Å². The Morgan fingerprint density at radius 2 is 1.70 bits per heavy atom. The van der Waals surface area contributed by atoms with E-state index < -0.39 is 6.04 Å². The predicted octanol–water partition coefficient (Wildman–Crippen LogP) is 3.05. The van der Waals surface area contributed by atoms with Gasteiger partial charge in [-0.05, 0) is 41.0 Å². The van der Waals surface area contributed by atoms with Gasteiger partial charge in [0.05, 0.1) is 7.11 Å². The normalized spacial score (nSPS) is 15.9. The van der Waals surface area contributed by atoms with Gasteiger partial charge in [0.1, 0.15) is 6.04 Å². The maximum Gasteiger partial charge on any atom is 0.261 e. The van der Waals surface area contributed by atoms with Crippen LogP contribution in [0.5, 0.6) is 11.5 Å². The molecule has 170 valence electrons. The Morgan fingerprint density at radius 3 is 2.45 bits per heavy atom. The van der Waals surface area contributed by atoms with Crippen LogP contribution < -0.4 is 9.47 Å². The molecule has 1 aliphatic rings. The first kappa shape index (κ1) is 22.3. The van der Waals surface area contributed by atoms with E-state index in [0.29, 0.717) is 31.0 Å². The SMILES string of the molecule is COc1ccccc1OCC(=O)N1CCN(C)C(=O)[C@H]1Cc1ccccc1-c1ccncc1. The van der Waals surface area contributed by atoms with Gasteiger partial charge >= 0.3 is 0 Å². The molecule has 0 spiro atoms. The molecule has 2 heterocycles. The number of piperazine rings is 1. The Balaban J connectivity index is 1.55. The number of para-hydroxylation sites is 2. The Kier molecular flexibility index (Phi) is 6.88. The highest BCUT2D eigenvalue weighted by Crippen LogP contribution is 2.28. The summed E-state index contributed by atoms with van der Waals surface area (Å²) in [6.07, 6.45) is 3.91. The quantitative estimate of drug-likeness (QED) is 0.559. The molecule has 0 bridgehead atoms. The molecule has 1 atom stereocenters. The fourth-order valence-corrected chi connectivity index (χ4v) is 4.09. The van der Waals surface area contributed by atoms with Crippen LogP contribution in [0.25, 0.3) is 11.1 Å². The second-order valence-corrected chi connectivity index (χ2v) is 7.90. The molecule has 7 nitrogen and oxygen atoms in total. The summed E-state index contributed by atoms with van der Waals surface area (Å²) in [5.41, 5.74) is 3.05. The number of aromatic nitrogens is 1. The average Bonchev–Trinajstić information content (AvgIpc) is 2.86. The summed E-state index contributed by atoms with van der Waals surface area (Å²) in [6.45, 7) is 0.778. The molecule has 0 N–H and O–H groups in total. The zero-order valence-corrected chi connectivity index (χ0v) is 18.8. The van der Waals surface area contributed by atoms with Crippen molar-refractivity contribution in [1.82, 2.24) is 14.8 Å². The van der Waals surface area contributed by atoms with E-state index in [0.717, 1.165) is 16.7 Å². The summed E-state index contributed by atoms with van der Waals surface area (Å²) in [5.74, 6) is 0.751. The van der Waals surface area contributed by atoms with Crippen LogP contribution in [0.4, 0.5) is 0 Å². The molecule has 7 heteroatoms. The third-order valence-electron chi connectivity index (χ3n) is 5.88. The summed E-state index contributed by atoms with van der Waals surface area (Å²) >= 11 is 0. The van der Waals surface area contributed by atoms with Crippen molar-refractivity contribution in [2.75, 3.05) is 33.9 Å². The number of methoxy groups -OCH3 is 1. The molecular formula is C26H27N3O4. The number of amides is 2. The third kappa shape index (κ3) is 4.98. The molecular weight excluding hydrogens is 418 g/mol. The molecule has 0 unspecified atom stereocenters. The van der Waals surface area contributed by atoms with Crippen molar-refractivity contribution in [3.05, 3.63) is 78.6 Å². The largest absolute Gasteiger partial charge is 0.493 e. The van der Waals surface area contributed by atoms with E-state index >= 15 is 0 Å². The highest BCUT2D eigenvalue weighted by Gasteiger charge is 2.36. The summed E-state index contributed by atoms with van der Waals surface area (Å²) in [5, 5.41) is 0. The summed E-state index contributed by atoms with van der Waals surface area (Å²) < 4.78 is 11.0. The number of hydrogen-bond acceptors (Lipinski definition) is 5. The van der Waals surface area contributed by atoms with Gasteiger partial charge in [0.2, 0.25) is 5.91 Å². The summed E-state index contributed by atoms with van der Waals surface area (Å²) in [4.78, 5) is 33.7. The minimum absolute atomic E-state index is 0.0728. The number of likely N-dealkylation sites (N-methyl/N-ethyl adjacent to an activating group) is 1. The lowest BCUT2D eigenvalue weighted by Crippen LogP contribution is -2.59. The van der Waals surface area contributed by atoms with Gasteiger partial charge in [-0.15, -0.1) is 0 Å². The molecule has 33 heavy (non-hydrogen) atoms. The number of pyridine rings is 1. The minimum Gasteiger partial charge on any atom is -0.493 e. The smallest absolute Gasteiger partial charge is 0.261 e. The number of hydrogen-bond donors (Lipinski definition) is 0. The van der Waals surface area contributed by atoms with Crippen molar-refractivity contribution in [2.45, 2.75) is 12.5 Å². The maximum atomic E-state index is 13.2. The van der Waals surface area contributed by atoms with Crippen molar-refractivity contribution in [3.8, 4) is 22.6 Å². The van der Waals surface area contributed by atoms with Gasteiger partial charge in [0.15, 0.2) is 18.1 Å². The lowest BCUT2D eigenvalue weighted by molar-refractivity contribution is -0.151. The topological polar surface area (TPSA) is 72.0 Å². The van der Waals surface area contributed by atoms with Crippen LogP contribution in [0.1, 0.15) is 5.56 Å². The highest BCUT2D eigenvalue weighted by atomic mass is 16.5. The fraction of sp³-hybridized carbons (Fsp3) is 0.269. The van der Waals surface area contributed by atoms with E-state index in [1.165, 1.54) is 0 Å². The molecule has 0 aliphatic carbocycles. The molecule has 2 amide bonds. The monoisotopic (exact) mass is 445 g/mol. The lowest BCUT2D eigenvalue weighted by atomic mass is 9.94. The lowest BCUT2D eigenvalue weighted by Gasteiger charge is -2.39. The molecule has 1 saturated heterocycles. The minimum atomic E-state index is -0.597.